The van der Waals surface area contributed by atoms with Crippen molar-refractivity contribution >= 4 is 5.91 Å². The van der Waals surface area contributed by atoms with Gasteiger partial charge in [0.2, 0.25) is 0 Å². The lowest BCUT2D eigenvalue weighted by molar-refractivity contribution is -0.126. The third-order valence-corrected chi connectivity index (χ3v) is 1.09. The van der Waals surface area contributed by atoms with Crippen molar-refractivity contribution in [1.82, 2.24) is 10.4 Å². The molecule has 0 aliphatic rings. The van der Waals surface area contributed by atoms with E-state index in [1.807, 2.05) is 0 Å². The van der Waals surface area contributed by atoms with Crippen LogP contribution in [0.3, 0.4) is 0 Å². The van der Waals surface area contributed by atoms with Crippen molar-refractivity contribution in [3.8, 4) is 0 Å². The lowest BCUT2D eigenvalue weighted by Gasteiger charge is -2.14. The number of carbonyl (C=O) groups excluding carboxylic acids is 1. The maximum absolute atomic E-state index is 11.0. The Hall–Kier alpha value is -0.870. The average molecular weight is 157 g/mol. The van der Waals surface area contributed by atoms with Crippen LogP contribution in [-0.2, 0) is 4.79 Å². The molecule has 0 aliphatic carbocycles. The Bertz CT molecular complexity index is 145. The first-order chi connectivity index (χ1) is 5.07. The predicted molar refractivity (Wildman–Crippen MR) is 44.6 cm³/mol. The Morgan fingerprint density at radius 3 is 2.73 bits per heavy atom. The summed E-state index contributed by atoms with van der Waals surface area (Å²) >= 11 is 0. The van der Waals surface area contributed by atoms with Crippen LogP contribution in [0.1, 0.15) is 6.42 Å². The molecule has 3 N–H and O–H groups in total. The van der Waals surface area contributed by atoms with Gasteiger partial charge in [-0.3, -0.25) is 10.2 Å². The quantitative estimate of drug-likeness (QED) is 0.426. The summed E-state index contributed by atoms with van der Waals surface area (Å²) in [5.41, 5.74) is 8.02. The van der Waals surface area contributed by atoms with Crippen molar-refractivity contribution in [2.75, 3.05) is 14.1 Å². The van der Waals surface area contributed by atoms with Gasteiger partial charge < -0.3 is 5.73 Å². The van der Waals surface area contributed by atoms with Gasteiger partial charge >= 0.3 is 0 Å². The highest BCUT2D eigenvalue weighted by Gasteiger charge is 2.10. The van der Waals surface area contributed by atoms with E-state index in [0.717, 1.165) is 0 Å². The first-order valence-corrected chi connectivity index (χ1v) is 3.42. The van der Waals surface area contributed by atoms with Crippen LogP contribution >= 0.6 is 0 Å². The second kappa shape index (κ2) is 4.87. The first-order valence-electron chi connectivity index (χ1n) is 3.42. The number of carbonyl (C=O) groups is 1. The minimum Gasteiger partial charge on any atom is -0.320 e. The zero-order chi connectivity index (χ0) is 8.85. The Balaban J connectivity index is 3.72. The summed E-state index contributed by atoms with van der Waals surface area (Å²) in [5.74, 6) is -0.185. The van der Waals surface area contributed by atoms with Gasteiger partial charge in [0.1, 0.15) is 0 Å². The van der Waals surface area contributed by atoms with Gasteiger partial charge in [0.25, 0.3) is 5.91 Å². The van der Waals surface area contributed by atoms with Crippen LogP contribution in [0.25, 0.3) is 0 Å². The van der Waals surface area contributed by atoms with Crippen molar-refractivity contribution in [2.24, 2.45) is 5.73 Å². The van der Waals surface area contributed by atoms with E-state index in [2.05, 4.69) is 12.0 Å². The average Bonchev–Trinajstić information content (AvgIpc) is 1.86. The molecule has 64 valence electrons. The van der Waals surface area contributed by atoms with Crippen molar-refractivity contribution in [3.63, 3.8) is 0 Å². The minimum absolute atomic E-state index is 0.185. The normalized spacial score (nSPS) is 12.7. The van der Waals surface area contributed by atoms with Crippen molar-refractivity contribution < 1.29 is 4.79 Å². The van der Waals surface area contributed by atoms with E-state index in [1.165, 1.54) is 0 Å². The predicted octanol–water partition coefficient (Wildman–Crippen LogP) is -0.517. The van der Waals surface area contributed by atoms with Crippen molar-refractivity contribution in [2.45, 2.75) is 12.5 Å². The molecule has 0 saturated heterocycles. The van der Waals surface area contributed by atoms with E-state index in [-0.39, 0.29) is 5.91 Å². The monoisotopic (exact) mass is 157 g/mol. The molecular formula is C7H15N3O. The van der Waals surface area contributed by atoms with Crippen LogP contribution in [0.4, 0.5) is 0 Å². The number of nitrogens with one attached hydrogen (secondary N) is 1. The molecule has 1 unspecified atom stereocenters. The van der Waals surface area contributed by atoms with Gasteiger partial charge in [-0.25, -0.2) is 5.01 Å². The van der Waals surface area contributed by atoms with Crippen LogP contribution in [0.15, 0.2) is 12.7 Å². The summed E-state index contributed by atoms with van der Waals surface area (Å²) in [7, 11) is 3.47. The fourth-order valence-corrected chi connectivity index (χ4v) is 0.590. The topological polar surface area (TPSA) is 58.4 Å². The molecule has 0 saturated carbocycles. The molecule has 0 aromatic carbocycles. The Labute approximate surface area is 67.0 Å². The molecule has 0 fully saturated rings. The maximum atomic E-state index is 11.0. The van der Waals surface area contributed by atoms with Crippen molar-refractivity contribution in [3.05, 3.63) is 12.7 Å². The fraction of sp³-hybridized carbons (Fsp3) is 0.571. The number of rotatable bonds is 4. The standard InChI is InChI=1S/C7H15N3O/c1-4-5-6(8)7(11)9-10(2)3/h4,6H,1,5,8H2,2-3H3,(H,9,11). The molecule has 0 bridgehead atoms. The highest BCUT2D eigenvalue weighted by molar-refractivity contribution is 5.81. The summed E-state index contributed by atoms with van der Waals surface area (Å²) < 4.78 is 0. The molecule has 0 rings (SSSR count). The lowest BCUT2D eigenvalue weighted by Crippen LogP contribution is -2.46. The Kier molecular flexibility index (Phi) is 4.49. The summed E-state index contributed by atoms with van der Waals surface area (Å²) in [6.45, 7) is 3.49. The highest BCUT2D eigenvalue weighted by atomic mass is 16.2. The second-order valence-corrected chi connectivity index (χ2v) is 2.50. The van der Waals surface area contributed by atoms with E-state index < -0.39 is 6.04 Å². The minimum atomic E-state index is -0.491. The number of nitrogens with two attached hydrogens (primary N) is 1. The van der Waals surface area contributed by atoms with E-state index in [4.69, 9.17) is 5.73 Å². The maximum Gasteiger partial charge on any atom is 0.251 e. The molecule has 4 heteroatoms. The van der Waals surface area contributed by atoms with Gasteiger partial charge in [0.15, 0.2) is 0 Å². The Morgan fingerprint density at radius 1 is 1.82 bits per heavy atom. The van der Waals surface area contributed by atoms with Gasteiger partial charge in [0.05, 0.1) is 6.04 Å². The second-order valence-electron chi connectivity index (χ2n) is 2.50. The molecule has 1 amide bonds. The molecular weight excluding hydrogens is 142 g/mol. The van der Waals surface area contributed by atoms with Gasteiger partial charge in [-0.1, -0.05) is 6.08 Å². The molecule has 0 radical (unpaired) electrons. The zero-order valence-electron chi connectivity index (χ0n) is 7.00. The number of nitrogens with zero attached hydrogens (tertiary/aromatic N) is 1. The molecule has 4 nitrogen and oxygen atoms in total. The van der Waals surface area contributed by atoms with E-state index >= 15 is 0 Å². The van der Waals surface area contributed by atoms with Crippen molar-refractivity contribution in [1.29, 1.82) is 0 Å². The van der Waals surface area contributed by atoms with E-state index in [1.54, 1.807) is 25.2 Å². The smallest absolute Gasteiger partial charge is 0.251 e. The van der Waals surface area contributed by atoms with E-state index in [9.17, 15) is 4.79 Å². The zero-order valence-corrected chi connectivity index (χ0v) is 7.00. The molecule has 0 heterocycles. The third-order valence-electron chi connectivity index (χ3n) is 1.09. The first kappa shape index (κ1) is 10.1. The van der Waals surface area contributed by atoms with Crippen LogP contribution in [-0.4, -0.2) is 31.1 Å². The highest BCUT2D eigenvalue weighted by Crippen LogP contribution is 1.87. The Morgan fingerprint density at radius 2 is 2.36 bits per heavy atom. The molecule has 0 aliphatic heterocycles. The SMILES string of the molecule is C=CCC(N)C(=O)NN(C)C. The van der Waals surface area contributed by atoms with Crippen LogP contribution in [0.2, 0.25) is 0 Å². The summed E-state index contributed by atoms with van der Waals surface area (Å²) in [4.78, 5) is 11.0. The molecule has 11 heavy (non-hydrogen) atoms. The van der Waals surface area contributed by atoms with Gasteiger partial charge in [-0.05, 0) is 6.42 Å². The van der Waals surface area contributed by atoms with Gasteiger partial charge in [-0.2, -0.15) is 0 Å². The number of amides is 1. The fourth-order valence-electron chi connectivity index (χ4n) is 0.590. The number of hydrogen-bond donors (Lipinski definition) is 2. The molecule has 0 spiro atoms. The molecule has 1 atom stereocenters. The summed E-state index contributed by atoms with van der Waals surface area (Å²) in [6, 6.07) is -0.491. The number of hydrazine groups is 1. The summed E-state index contributed by atoms with van der Waals surface area (Å²) in [5, 5.41) is 1.56. The molecule has 0 aromatic rings. The molecule has 0 aromatic heterocycles. The van der Waals surface area contributed by atoms with Crippen LogP contribution < -0.4 is 11.2 Å². The number of hydrogen-bond acceptors (Lipinski definition) is 3. The van der Waals surface area contributed by atoms with E-state index in [0.29, 0.717) is 6.42 Å². The van der Waals surface area contributed by atoms with Gasteiger partial charge in [-0.15, -0.1) is 6.58 Å². The van der Waals surface area contributed by atoms with Crippen LogP contribution in [0.5, 0.6) is 0 Å². The largest absolute Gasteiger partial charge is 0.320 e. The third kappa shape index (κ3) is 4.52. The van der Waals surface area contributed by atoms with Gasteiger partial charge in [0, 0.05) is 14.1 Å². The lowest BCUT2D eigenvalue weighted by atomic mass is 10.2. The van der Waals surface area contributed by atoms with Crippen LogP contribution in [0, 0.1) is 0 Å². The summed E-state index contributed by atoms with van der Waals surface area (Å²) in [6.07, 6.45) is 2.12.